The number of amides is 1. The van der Waals surface area contributed by atoms with E-state index >= 15 is 0 Å². The highest BCUT2D eigenvalue weighted by Gasteiger charge is 2.48. The second-order valence-electron chi connectivity index (χ2n) is 9.65. The maximum absolute atomic E-state index is 13.4. The zero-order valence-electron chi connectivity index (χ0n) is 22.7. The number of hydrogen-bond acceptors (Lipinski definition) is 8. The number of Topliss-reactive ketones (excluding diaryl/α,β-unsaturated/α-hetero) is 1. The van der Waals surface area contributed by atoms with Gasteiger partial charge in [-0.15, -0.1) is 11.3 Å². The number of aliphatic hydroxyl groups is 1. The van der Waals surface area contributed by atoms with Crippen molar-refractivity contribution in [3.05, 3.63) is 70.7 Å². The van der Waals surface area contributed by atoms with Crippen LogP contribution in [0.1, 0.15) is 57.2 Å². The molecule has 1 amide bonds. The fraction of sp³-hybridized carbons (Fsp3) is 0.367. The molecule has 0 saturated carbocycles. The Kier molecular flexibility index (Phi) is 9.24. The van der Waals surface area contributed by atoms with Gasteiger partial charge in [0.15, 0.2) is 16.6 Å². The van der Waals surface area contributed by atoms with Crippen molar-refractivity contribution in [1.29, 1.82) is 0 Å². The number of aromatic nitrogens is 1. The number of carbonyl (C=O) groups is 2. The molecule has 3 aromatic rings. The van der Waals surface area contributed by atoms with Gasteiger partial charge in [-0.25, -0.2) is 4.98 Å². The Morgan fingerprint density at radius 3 is 2.62 bits per heavy atom. The standard InChI is InChI=1S/C30H34N2O6S/c1-5-6-14-37-22-9-7-8-21(17-22)27(33)25-26(32(29(35)28(25)34)30-31-13-16-39-30)20-10-11-23(24(18-20)36-4)38-15-12-19(2)3/h7-11,13,16-19,26,33H,5-6,12,14-15H2,1-4H3/b27-25+. The lowest BCUT2D eigenvalue weighted by molar-refractivity contribution is -0.132. The van der Waals surface area contributed by atoms with Crippen molar-refractivity contribution in [1.82, 2.24) is 4.98 Å². The Bertz CT molecular complexity index is 1330. The molecule has 2 heterocycles. The van der Waals surface area contributed by atoms with Gasteiger partial charge < -0.3 is 19.3 Å². The van der Waals surface area contributed by atoms with Crippen LogP contribution >= 0.6 is 11.3 Å². The molecular formula is C30H34N2O6S. The Balaban J connectivity index is 1.79. The molecule has 0 radical (unpaired) electrons. The second kappa shape index (κ2) is 12.8. The molecule has 206 valence electrons. The van der Waals surface area contributed by atoms with E-state index in [9.17, 15) is 14.7 Å². The van der Waals surface area contributed by atoms with Crippen LogP contribution in [0.5, 0.6) is 17.2 Å². The lowest BCUT2D eigenvalue weighted by Crippen LogP contribution is -2.29. The van der Waals surface area contributed by atoms with E-state index in [1.165, 1.54) is 23.3 Å². The predicted octanol–water partition coefficient (Wildman–Crippen LogP) is 6.38. The summed E-state index contributed by atoms with van der Waals surface area (Å²) >= 11 is 1.24. The smallest absolute Gasteiger partial charge is 0.301 e. The minimum absolute atomic E-state index is 0.0311. The summed E-state index contributed by atoms with van der Waals surface area (Å²) in [5.74, 6) is 0.253. The summed E-state index contributed by atoms with van der Waals surface area (Å²) < 4.78 is 17.3. The van der Waals surface area contributed by atoms with Crippen molar-refractivity contribution in [3.8, 4) is 17.2 Å². The molecule has 1 aliphatic rings. The molecule has 0 spiro atoms. The molecule has 1 aromatic heterocycles. The van der Waals surface area contributed by atoms with Gasteiger partial charge in [-0.3, -0.25) is 14.5 Å². The zero-order chi connectivity index (χ0) is 27.9. The first kappa shape index (κ1) is 28.2. The number of benzene rings is 2. The van der Waals surface area contributed by atoms with Crippen molar-refractivity contribution >= 4 is 33.9 Å². The van der Waals surface area contributed by atoms with Crippen LogP contribution in [-0.2, 0) is 9.59 Å². The molecule has 1 N–H and O–H groups in total. The third-order valence-corrected chi connectivity index (χ3v) is 7.17. The Morgan fingerprint density at radius 1 is 1.10 bits per heavy atom. The number of nitrogens with zero attached hydrogens (tertiary/aromatic N) is 2. The normalized spacial score (nSPS) is 16.6. The van der Waals surface area contributed by atoms with Gasteiger partial charge in [0, 0.05) is 17.1 Å². The summed E-state index contributed by atoms with van der Waals surface area (Å²) in [6, 6.07) is 11.3. The summed E-state index contributed by atoms with van der Waals surface area (Å²) in [4.78, 5) is 32.3. The highest BCUT2D eigenvalue weighted by molar-refractivity contribution is 7.14. The van der Waals surface area contributed by atoms with Gasteiger partial charge in [0.1, 0.15) is 11.5 Å². The Hall–Kier alpha value is -3.85. The van der Waals surface area contributed by atoms with Gasteiger partial charge in [0.25, 0.3) is 5.78 Å². The van der Waals surface area contributed by atoms with E-state index in [0.29, 0.717) is 52.6 Å². The number of ketones is 1. The van der Waals surface area contributed by atoms with E-state index in [1.807, 2.05) is 0 Å². The van der Waals surface area contributed by atoms with Gasteiger partial charge in [-0.1, -0.05) is 45.4 Å². The first-order chi connectivity index (χ1) is 18.8. The van der Waals surface area contributed by atoms with E-state index in [1.54, 1.807) is 54.0 Å². The zero-order valence-corrected chi connectivity index (χ0v) is 23.5. The van der Waals surface area contributed by atoms with Crippen LogP contribution < -0.4 is 19.1 Å². The van der Waals surface area contributed by atoms with E-state index in [-0.39, 0.29) is 11.3 Å². The molecule has 0 aliphatic carbocycles. The molecule has 1 aliphatic heterocycles. The maximum atomic E-state index is 13.4. The average Bonchev–Trinajstić information content (AvgIpc) is 3.55. The summed E-state index contributed by atoms with van der Waals surface area (Å²) in [5, 5.41) is 13.5. The van der Waals surface area contributed by atoms with Gasteiger partial charge in [0.05, 0.1) is 31.9 Å². The fourth-order valence-electron chi connectivity index (χ4n) is 4.28. The van der Waals surface area contributed by atoms with E-state index in [4.69, 9.17) is 14.2 Å². The SMILES string of the molecule is CCCCOc1cccc(/C(O)=C2\C(=O)C(=O)N(c3nccs3)C2c2ccc(OCCC(C)C)c(OC)c2)c1. The van der Waals surface area contributed by atoms with Gasteiger partial charge in [-0.2, -0.15) is 0 Å². The lowest BCUT2D eigenvalue weighted by Gasteiger charge is -2.24. The quantitative estimate of drug-likeness (QED) is 0.121. The maximum Gasteiger partial charge on any atom is 0.301 e. The molecule has 1 atom stereocenters. The molecule has 1 unspecified atom stereocenters. The Labute approximate surface area is 232 Å². The topological polar surface area (TPSA) is 98.2 Å². The number of carbonyl (C=O) groups excluding carboxylic acids is 2. The summed E-state index contributed by atoms with van der Waals surface area (Å²) in [6.07, 6.45) is 4.34. The van der Waals surface area contributed by atoms with E-state index < -0.39 is 17.7 Å². The van der Waals surface area contributed by atoms with Gasteiger partial charge in [-0.05, 0) is 48.6 Å². The molecule has 4 rings (SSSR count). The van der Waals surface area contributed by atoms with Crippen LogP contribution in [0.15, 0.2) is 59.6 Å². The Morgan fingerprint density at radius 2 is 1.92 bits per heavy atom. The van der Waals surface area contributed by atoms with Crippen LogP contribution in [0.4, 0.5) is 5.13 Å². The average molecular weight is 551 g/mol. The largest absolute Gasteiger partial charge is 0.507 e. The van der Waals surface area contributed by atoms with E-state index in [2.05, 4.69) is 25.8 Å². The van der Waals surface area contributed by atoms with Crippen molar-refractivity contribution in [3.63, 3.8) is 0 Å². The monoisotopic (exact) mass is 550 g/mol. The van der Waals surface area contributed by atoms with E-state index in [0.717, 1.165) is 19.3 Å². The number of unbranched alkanes of at least 4 members (excludes halogenated alkanes) is 1. The third kappa shape index (κ3) is 6.25. The van der Waals surface area contributed by atoms with Gasteiger partial charge >= 0.3 is 5.91 Å². The summed E-state index contributed by atoms with van der Waals surface area (Å²) in [5.41, 5.74) is 0.928. The molecule has 9 heteroatoms. The number of ether oxygens (including phenoxy) is 3. The summed E-state index contributed by atoms with van der Waals surface area (Å²) in [6.45, 7) is 7.39. The fourth-order valence-corrected chi connectivity index (χ4v) is 4.95. The van der Waals surface area contributed by atoms with Crippen LogP contribution in [-0.4, -0.2) is 42.1 Å². The number of aliphatic hydroxyl groups excluding tert-OH is 1. The molecule has 1 saturated heterocycles. The minimum atomic E-state index is -0.917. The van der Waals surface area contributed by atoms with Crippen LogP contribution in [0.2, 0.25) is 0 Å². The van der Waals surface area contributed by atoms with Crippen LogP contribution in [0.25, 0.3) is 5.76 Å². The number of methoxy groups -OCH3 is 1. The number of thiazole rings is 1. The molecule has 8 nitrogen and oxygen atoms in total. The number of hydrogen-bond donors (Lipinski definition) is 1. The highest BCUT2D eigenvalue weighted by Crippen LogP contribution is 2.44. The molecule has 0 bridgehead atoms. The van der Waals surface area contributed by atoms with Crippen LogP contribution in [0.3, 0.4) is 0 Å². The first-order valence-corrected chi connectivity index (χ1v) is 14.0. The third-order valence-electron chi connectivity index (χ3n) is 6.40. The molecule has 2 aromatic carbocycles. The lowest BCUT2D eigenvalue weighted by atomic mass is 9.95. The highest BCUT2D eigenvalue weighted by atomic mass is 32.1. The molecule has 39 heavy (non-hydrogen) atoms. The number of rotatable bonds is 12. The van der Waals surface area contributed by atoms with Crippen molar-refractivity contribution in [2.24, 2.45) is 5.92 Å². The van der Waals surface area contributed by atoms with Crippen molar-refractivity contribution in [2.45, 2.75) is 46.1 Å². The minimum Gasteiger partial charge on any atom is -0.507 e. The van der Waals surface area contributed by atoms with Gasteiger partial charge in [0.2, 0.25) is 0 Å². The molecule has 1 fully saturated rings. The van der Waals surface area contributed by atoms with Crippen LogP contribution in [0, 0.1) is 5.92 Å². The predicted molar refractivity (Wildman–Crippen MR) is 152 cm³/mol. The number of anilines is 1. The molecular weight excluding hydrogens is 516 g/mol. The first-order valence-electron chi connectivity index (χ1n) is 13.1. The van der Waals surface area contributed by atoms with Crippen molar-refractivity contribution < 1.29 is 28.9 Å². The summed E-state index contributed by atoms with van der Waals surface area (Å²) in [7, 11) is 1.54. The second-order valence-corrected chi connectivity index (χ2v) is 10.5. The van der Waals surface area contributed by atoms with Crippen molar-refractivity contribution in [2.75, 3.05) is 25.2 Å².